The van der Waals surface area contributed by atoms with Crippen molar-refractivity contribution in [2.45, 2.75) is 69.4 Å². The van der Waals surface area contributed by atoms with Crippen LogP contribution in [0.3, 0.4) is 0 Å². The number of amides is 6. The Bertz CT molecular complexity index is 2810. The van der Waals surface area contributed by atoms with E-state index in [0.717, 1.165) is 42.9 Å². The normalized spacial score (nSPS) is 18.7. The highest BCUT2D eigenvalue weighted by molar-refractivity contribution is 7.13. The van der Waals surface area contributed by atoms with Gasteiger partial charge in [-0.3, -0.25) is 44.3 Å². The number of carbonyl (C=O) groups is 6. The Labute approximate surface area is 389 Å². The fourth-order valence-electron chi connectivity index (χ4n) is 9.05. The fraction of sp³-hybridized carbons (Fsp3) is 0.306. The molecule has 0 aliphatic carbocycles. The Balaban J connectivity index is 0.730. The van der Waals surface area contributed by atoms with E-state index < -0.39 is 47.8 Å². The Kier molecular flexibility index (Phi) is 13.1. The third-order valence-electron chi connectivity index (χ3n) is 12.5. The van der Waals surface area contributed by atoms with Gasteiger partial charge in [-0.25, -0.2) is 14.4 Å². The maximum Gasteiger partial charge on any atom is 0.273 e. The van der Waals surface area contributed by atoms with Crippen LogP contribution in [0.15, 0.2) is 90.6 Å². The van der Waals surface area contributed by atoms with Gasteiger partial charge in [-0.05, 0) is 74.0 Å². The standard InChI is InChI=1S/C49H46FN9O7S/c50-36-26-30(12-11-29-13-14-32-28-58(46(64)35(32)25-29)42(31-7-2-1-3-8-31)45(63)56-49-52-20-24-67-49)27-53-41(36)44(62)54-33-17-22-57(23-18-33)21-5-4-19-51-37-10-6-9-34-40(37)48(66)59(47(34)65)38-15-16-39(60)55-43(38)61/h1-3,6-10,13-14,20,24-27,33,38,42,47,51,65H,4-5,15-19,21-23,28H2,(H,54,62)(H,52,56,63)(H,55,60,61). The van der Waals surface area contributed by atoms with Gasteiger partial charge in [0.1, 0.15) is 12.1 Å². The minimum Gasteiger partial charge on any atom is -0.384 e. The second kappa shape index (κ2) is 19.6. The van der Waals surface area contributed by atoms with Crippen LogP contribution >= 0.6 is 11.3 Å². The second-order valence-electron chi connectivity index (χ2n) is 16.8. The Morgan fingerprint density at radius 3 is 2.49 bits per heavy atom. The maximum atomic E-state index is 15.3. The highest BCUT2D eigenvalue weighted by Gasteiger charge is 2.45. The van der Waals surface area contributed by atoms with E-state index in [2.05, 4.69) is 48.0 Å². The highest BCUT2D eigenvalue weighted by atomic mass is 32.1. The van der Waals surface area contributed by atoms with Gasteiger partial charge in [0.2, 0.25) is 11.8 Å². The second-order valence-corrected chi connectivity index (χ2v) is 17.7. The molecule has 3 unspecified atom stereocenters. The van der Waals surface area contributed by atoms with E-state index in [1.54, 1.807) is 60.1 Å². The molecule has 6 amide bonds. The van der Waals surface area contributed by atoms with Crippen LogP contribution in [0.25, 0.3) is 0 Å². The molecule has 2 fully saturated rings. The first-order chi connectivity index (χ1) is 32.5. The molecule has 4 aliphatic rings. The average molecular weight is 924 g/mol. The Hall–Kier alpha value is -7.33. The van der Waals surface area contributed by atoms with Gasteiger partial charge in [-0.2, -0.15) is 0 Å². The highest BCUT2D eigenvalue weighted by Crippen LogP contribution is 2.39. The number of carbonyl (C=O) groups excluding carboxylic acids is 6. The summed E-state index contributed by atoms with van der Waals surface area (Å²) in [5, 5.41) is 24.5. The molecule has 3 aromatic carbocycles. The monoisotopic (exact) mass is 923 g/mol. The summed E-state index contributed by atoms with van der Waals surface area (Å²) in [6.07, 6.45) is 4.94. The van der Waals surface area contributed by atoms with E-state index in [1.165, 1.54) is 28.5 Å². The maximum absolute atomic E-state index is 15.3. The molecular formula is C49H46FN9O7S. The molecule has 5 N–H and O–H groups in total. The van der Waals surface area contributed by atoms with Gasteiger partial charge in [0.15, 0.2) is 22.9 Å². The van der Waals surface area contributed by atoms with Crippen molar-refractivity contribution in [1.29, 1.82) is 0 Å². The summed E-state index contributed by atoms with van der Waals surface area (Å²) in [5.41, 5.74) is 3.60. The van der Waals surface area contributed by atoms with Crippen LogP contribution in [-0.2, 0) is 20.9 Å². The van der Waals surface area contributed by atoms with Gasteiger partial charge < -0.3 is 25.5 Å². The third kappa shape index (κ3) is 9.66. The predicted octanol–water partition coefficient (Wildman–Crippen LogP) is 4.75. The van der Waals surface area contributed by atoms with Gasteiger partial charge in [-0.1, -0.05) is 60.4 Å². The number of halogens is 1. The first-order valence-corrected chi connectivity index (χ1v) is 23.0. The number of rotatable bonds is 13. The molecule has 18 heteroatoms. The number of aliphatic hydroxyl groups is 1. The van der Waals surface area contributed by atoms with Crippen LogP contribution in [0.4, 0.5) is 15.2 Å². The predicted molar refractivity (Wildman–Crippen MR) is 245 cm³/mol. The van der Waals surface area contributed by atoms with Crippen LogP contribution in [-0.4, -0.2) is 103 Å². The lowest BCUT2D eigenvalue weighted by Crippen LogP contribution is -2.53. The van der Waals surface area contributed by atoms with Crippen molar-refractivity contribution >= 4 is 57.6 Å². The lowest BCUT2D eigenvalue weighted by molar-refractivity contribution is -0.139. The molecule has 4 aliphatic heterocycles. The zero-order chi connectivity index (χ0) is 46.6. The first-order valence-electron chi connectivity index (χ1n) is 22.1. The van der Waals surface area contributed by atoms with Gasteiger partial charge in [0.25, 0.3) is 23.6 Å². The number of piperidine rings is 2. The number of nitrogens with zero attached hydrogens (tertiary/aromatic N) is 5. The van der Waals surface area contributed by atoms with Crippen molar-refractivity contribution in [3.05, 3.63) is 141 Å². The van der Waals surface area contributed by atoms with E-state index in [1.807, 2.05) is 18.2 Å². The number of pyridine rings is 1. The Morgan fingerprint density at radius 1 is 0.925 bits per heavy atom. The van der Waals surface area contributed by atoms with Crippen molar-refractivity contribution in [3.63, 3.8) is 0 Å². The number of imide groups is 1. The van der Waals surface area contributed by atoms with Gasteiger partial charge in [-0.15, -0.1) is 11.3 Å². The summed E-state index contributed by atoms with van der Waals surface area (Å²) in [6, 6.07) is 18.7. The third-order valence-corrected chi connectivity index (χ3v) is 13.1. The molecule has 0 saturated carbocycles. The number of unbranched alkanes of at least 4 members (excludes halogenated alkanes) is 1. The van der Waals surface area contributed by atoms with E-state index in [9.17, 15) is 33.9 Å². The number of aliphatic hydroxyl groups excluding tert-OH is 1. The fourth-order valence-corrected chi connectivity index (χ4v) is 9.59. The molecule has 5 aromatic rings. The molecule has 9 rings (SSSR count). The molecular weight excluding hydrogens is 878 g/mol. The largest absolute Gasteiger partial charge is 0.384 e. The van der Waals surface area contributed by atoms with E-state index in [-0.39, 0.29) is 48.5 Å². The molecule has 342 valence electrons. The summed E-state index contributed by atoms with van der Waals surface area (Å²) < 4.78 is 15.3. The van der Waals surface area contributed by atoms with Crippen molar-refractivity contribution in [2.75, 3.05) is 36.8 Å². The minimum atomic E-state index is -1.28. The van der Waals surface area contributed by atoms with E-state index in [0.29, 0.717) is 58.0 Å². The zero-order valence-corrected chi connectivity index (χ0v) is 37.0. The number of nitrogens with one attached hydrogen (secondary N) is 4. The topological polar surface area (TPSA) is 206 Å². The van der Waals surface area contributed by atoms with Crippen LogP contribution in [0.5, 0.6) is 0 Å². The molecule has 67 heavy (non-hydrogen) atoms. The van der Waals surface area contributed by atoms with Gasteiger partial charge >= 0.3 is 0 Å². The smallest absolute Gasteiger partial charge is 0.273 e. The SMILES string of the molecule is O=C1CCC(N2C(=O)c3c(NCCCCN4CCC(NC(=O)c5ncc(C#Cc6ccc7c(c6)C(=O)N(C(C(=O)Nc6nccs6)c6ccccc6)C7)cc5F)CC4)cccc3C2O)C(=O)N1. The summed E-state index contributed by atoms with van der Waals surface area (Å²) in [6.45, 7) is 3.13. The van der Waals surface area contributed by atoms with Crippen LogP contribution in [0, 0.1) is 17.7 Å². The molecule has 2 aromatic heterocycles. The molecule has 6 heterocycles. The Morgan fingerprint density at radius 2 is 1.73 bits per heavy atom. The number of hydrogen-bond donors (Lipinski definition) is 5. The van der Waals surface area contributed by atoms with Crippen molar-refractivity contribution < 1.29 is 38.3 Å². The zero-order valence-electron chi connectivity index (χ0n) is 36.2. The number of benzene rings is 3. The van der Waals surface area contributed by atoms with Crippen molar-refractivity contribution in [3.8, 4) is 11.8 Å². The molecule has 3 atom stereocenters. The van der Waals surface area contributed by atoms with Gasteiger partial charge in [0, 0.05) is 84.4 Å². The average Bonchev–Trinajstić information content (AvgIpc) is 4.02. The summed E-state index contributed by atoms with van der Waals surface area (Å²) in [5.74, 6) is 2.32. The van der Waals surface area contributed by atoms with E-state index in [4.69, 9.17) is 0 Å². The van der Waals surface area contributed by atoms with Crippen LogP contribution in [0.1, 0.15) is 110 Å². The molecule has 0 radical (unpaired) electrons. The van der Waals surface area contributed by atoms with E-state index >= 15 is 4.39 Å². The quantitative estimate of drug-likeness (QED) is 0.0619. The van der Waals surface area contributed by atoms with Crippen molar-refractivity contribution in [1.82, 2.24) is 35.3 Å². The summed E-state index contributed by atoms with van der Waals surface area (Å²) >= 11 is 1.28. The van der Waals surface area contributed by atoms with Crippen molar-refractivity contribution in [2.24, 2.45) is 0 Å². The summed E-state index contributed by atoms with van der Waals surface area (Å²) in [4.78, 5) is 91.3. The molecule has 16 nitrogen and oxygen atoms in total. The number of likely N-dealkylation sites (tertiary alicyclic amines) is 1. The summed E-state index contributed by atoms with van der Waals surface area (Å²) in [7, 11) is 0. The number of thiazole rings is 1. The number of aromatic nitrogens is 2. The molecule has 2 saturated heterocycles. The minimum absolute atomic E-state index is 0.0923. The number of anilines is 2. The van der Waals surface area contributed by atoms with Crippen LogP contribution in [0.2, 0.25) is 0 Å². The molecule has 0 bridgehead atoms. The van der Waals surface area contributed by atoms with Gasteiger partial charge in [0.05, 0.1) is 5.56 Å². The number of hydrogen-bond acceptors (Lipinski definition) is 12. The number of fused-ring (bicyclic) bond motifs is 2. The first kappa shape index (κ1) is 44.9. The lowest BCUT2D eigenvalue weighted by Gasteiger charge is -2.32. The van der Waals surface area contributed by atoms with Crippen LogP contribution < -0.4 is 21.3 Å². The lowest BCUT2D eigenvalue weighted by atomic mass is 10.0. The molecule has 0 spiro atoms.